The summed E-state index contributed by atoms with van der Waals surface area (Å²) >= 11 is 0. The SMILES string of the molecule is CCc1c(F)ccc2cc(O)cc(-c3ncc4c(N(C)[C@@H]5C[C@H]5F)nc(OC[C@@]56CCCN5C[C@@]5(CC5(F)F)C6)nc4c3F)c12. The molecule has 2 aromatic carbocycles. The molecule has 0 amide bonds. The van der Waals surface area contributed by atoms with Gasteiger partial charge in [0, 0.05) is 38.2 Å². The maximum absolute atomic E-state index is 16.6. The molecule has 4 aromatic rings. The molecule has 0 unspecified atom stereocenters. The van der Waals surface area contributed by atoms with E-state index in [1.807, 2.05) is 0 Å². The van der Waals surface area contributed by atoms with E-state index in [9.17, 15) is 22.7 Å². The van der Waals surface area contributed by atoms with Crippen molar-refractivity contribution in [3.05, 3.63) is 47.7 Å². The second-order valence-corrected chi connectivity index (χ2v) is 13.3. The molecule has 2 saturated carbocycles. The van der Waals surface area contributed by atoms with Crippen molar-refractivity contribution in [3.8, 4) is 23.0 Å². The summed E-state index contributed by atoms with van der Waals surface area (Å²) in [7, 11) is 1.66. The van der Waals surface area contributed by atoms with E-state index in [-0.39, 0.29) is 52.8 Å². The molecule has 45 heavy (non-hydrogen) atoms. The van der Waals surface area contributed by atoms with Gasteiger partial charge in [0.2, 0.25) is 0 Å². The number of phenols is 1. The molecule has 4 heterocycles. The predicted octanol–water partition coefficient (Wildman–Crippen LogP) is 6.58. The molecule has 236 valence electrons. The molecule has 4 atom stereocenters. The van der Waals surface area contributed by atoms with Crippen molar-refractivity contribution in [1.29, 1.82) is 0 Å². The standard InChI is InChI=1S/C33H32F5N5O2/c1-3-19-22(34)6-5-17-9-18(44)10-20(25(17)19)27-26(36)28-21(12-39-27)29(42(2)24-11-23(24)35)41-30(40-28)45-16-32-7-4-8-43(32)15-31(13-32)14-33(31,37)38/h5-6,9-10,12,23-24,44H,3-4,7-8,11,13-16H2,1-2H3/t23-,24-,31+,32+/m1/s1. The second kappa shape index (κ2) is 9.60. The van der Waals surface area contributed by atoms with Crippen molar-refractivity contribution >= 4 is 27.5 Å². The second-order valence-electron chi connectivity index (χ2n) is 13.3. The number of nitrogens with zero attached hydrogens (tertiary/aromatic N) is 5. The Morgan fingerprint density at radius 3 is 2.64 bits per heavy atom. The van der Waals surface area contributed by atoms with Gasteiger partial charge >= 0.3 is 6.01 Å². The zero-order valence-electron chi connectivity index (χ0n) is 24.9. The highest BCUT2D eigenvalue weighted by molar-refractivity contribution is 6.01. The van der Waals surface area contributed by atoms with Gasteiger partial charge in [-0.05, 0) is 66.8 Å². The van der Waals surface area contributed by atoms with Gasteiger partial charge in [0.15, 0.2) is 5.82 Å². The van der Waals surface area contributed by atoms with Crippen LogP contribution in [0.4, 0.5) is 27.8 Å². The lowest BCUT2D eigenvalue weighted by atomic mass is 9.89. The van der Waals surface area contributed by atoms with Gasteiger partial charge in [0.1, 0.15) is 41.4 Å². The van der Waals surface area contributed by atoms with Gasteiger partial charge in [-0.25, -0.2) is 22.0 Å². The summed E-state index contributed by atoms with van der Waals surface area (Å²) in [5.41, 5.74) is -1.34. The zero-order chi connectivity index (χ0) is 31.5. The molecular formula is C33H32F5N5O2. The van der Waals surface area contributed by atoms with Crippen LogP contribution in [0.5, 0.6) is 11.8 Å². The Morgan fingerprint density at radius 2 is 1.93 bits per heavy atom. The number of pyridine rings is 1. The maximum atomic E-state index is 16.6. The Morgan fingerprint density at radius 1 is 1.16 bits per heavy atom. The first-order valence-corrected chi connectivity index (χ1v) is 15.4. The zero-order valence-corrected chi connectivity index (χ0v) is 24.9. The number of ether oxygens (including phenoxy) is 1. The van der Waals surface area contributed by atoms with Crippen LogP contribution < -0.4 is 9.64 Å². The smallest absolute Gasteiger partial charge is 0.319 e. The topological polar surface area (TPSA) is 74.6 Å². The van der Waals surface area contributed by atoms with Crippen LogP contribution in [0, 0.1) is 17.0 Å². The number of alkyl halides is 3. The Labute approximate surface area is 256 Å². The Bertz CT molecular complexity index is 1890. The van der Waals surface area contributed by atoms with Crippen molar-refractivity contribution < 1.29 is 31.8 Å². The van der Waals surface area contributed by atoms with Crippen LogP contribution in [0.1, 0.15) is 44.6 Å². The lowest BCUT2D eigenvalue weighted by Crippen LogP contribution is -2.43. The predicted molar refractivity (Wildman–Crippen MR) is 159 cm³/mol. The Hall–Kier alpha value is -3.80. The lowest BCUT2D eigenvalue weighted by Gasteiger charge is -2.31. The van der Waals surface area contributed by atoms with Crippen molar-refractivity contribution in [3.63, 3.8) is 0 Å². The van der Waals surface area contributed by atoms with Crippen molar-refractivity contribution in [2.75, 3.05) is 31.6 Å². The lowest BCUT2D eigenvalue weighted by molar-refractivity contribution is 0.0647. The number of aromatic hydroxyl groups is 1. The fourth-order valence-electron chi connectivity index (χ4n) is 7.94. The monoisotopic (exact) mass is 625 g/mol. The fourth-order valence-corrected chi connectivity index (χ4v) is 7.94. The van der Waals surface area contributed by atoms with Crippen molar-refractivity contribution in [2.24, 2.45) is 5.41 Å². The summed E-state index contributed by atoms with van der Waals surface area (Å²) in [5, 5.41) is 11.7. The van der Waals surface area contributed by atoms with E-state index in [0.29, 0.717) is 55.1 Å². The van der Waals surface area contributed by atoms with Crippen LogP contribution in [-0.4, -0.2) is 75.4 Å². The number of phenolic OH excluding ortho intramolecular Hbond substituents is 1. The normalized spacial score (nSPS) is 28.2. The number of aromatic nitrogens is 3. The summed E-state index contributed by atoms with van der Waals surface area (Å²) in [5.74, 6) is -3.88. The summed E-state index contributed by atoms with van der Waals surface area (Å²) in [4.78, 5) is 17.1. The van der Waals surface area contributed by atoms with E-state index in [4.69, 9.17) is 4.74 Å². The minimum atomic E-state index is -2.68. The third-order valence-corrected chi connectivity index (χ3v) is 10.5. The summed E-state index contributed by atoms with van der Waals surface area (Å²) in [6, 6.07) is 5.05. The van der Waals surface area contributed by atoms with Crippen molar-refractivity contribution in [2.45, 2.75) is 69.1 Å². The minimum absolute atomic E-state index is 0.0601. The summed E-state index contributed by atoms with van der Waals surface area (Å²) < 4.78 is 80.6. The van der Waals surface area contributed by atoms with Gasteiger partial charge in [-0.2, -0.15) is 9.97 Å². The van der Waals surface area contributed by atoms with E-state index in [1.165, 1.54) is 30.5 Å². The molecule has 7 nitrogen and oxygen atoms in total. The highest BCUT2D eigenvalue weighted by Crippen LogP contribution is 2.69. The number of aryl methyl sites for hydroxylation is 1. The first-order valence-electron chi connectivity index (χ1n) is 15.4. The van der Waals surface area contributed by atoms with E-state index in [2.05, 4.69) is 19.9 Å². The largest absolute Gasteiger partial charge is 0.508 e. The van der Waals surface area contributed by atoms with Crippen LogP contribution in [0.3, 0.4) is 0 Å². The molecule has 2 aliphatic heterocycles. The molecule has 4 aliphatic rings. The molecule has 2 saturated heterocycles. The van der Waals surface area contributed by atoms with Crippen LogP contribution >= 0.6 is 0 Å². The molecule has 8 rings (SSSR count). The van der Waals surface area contributed by atoms with Crippen LogP contribution in [0.25, 0.3) is 32.9 Å². The van der Waals surface area contributed by atoms with Gasteiger partial charge < -0.3 is 14.7 Å². The van der Waals surface area contributed by atoms with Crippen molar-refractivity contribution in [1.82, 2.24) is 19.9 Å². The number of hydrogen-bond donors (Lipinski definition) is 1. The third-order valence-electron chi connectivity index (χ3n) is 10.5. The first-order chi connectivity index (χ1) is 21.5. The highest BCUT2D eigenvalue weighted by Gasteiger charge is 2.77. The first kappa shape index (κ1) is 28.7. The summed E-state index contributed by atoms with van der Waals surface area (Å²) in [6.45, 7) is 2.87. The number of anilines is 1. The molecule has 0 bridgehead atoms. The molecule has 0 radical (unpaired) electrons. The van der Waals surface area contributed by atoms with E-state index >= 15 is 4.39 Å². The van der Waals surface area contributed by atoms with Gasteiger partial charge in [0.25, 0.3) is 5.92 Å². The number of rotatable bonds is 7. The van der Waals surface area contributed by atoms with Gasteiger partial charge in [-0.1, -0.05) is 13.0 Å². The Kier molecular flexibility index (Phi) is 6.12. The molecule has 12 heteroatoms. The quantitative estimate of drug-likeness (QED) is 0.233. The molecule has 2 aliphatic carbocycles. The number of benzene rings is 2. The van der Waals surface area contributed by atoms with Gasteiger partial charge in [-0.15, -0.1) is 0 Å². The number of halogens is 5. The number of fused-ring (bicyclic) bond motifs is 3. The molecule has 2 aromatic heterocycles. The van der Waals surface area contributed by atoms with E-state index < -0.39 is 40.7 Å². The molecule has 1 spiro atoms. The van der Waals surface area contributed by atoms with E-state index in [0.717, 1.165) is 6.42 Å². The van der Waals surface area contributed by atoms with Gasteiger partial charge in [-0.3, -0.25) is 9.88 Å². The van der Waals surface area contributed by atoms with Crippen LogP contribution in [0.2, 0.25) is 0 Å². The maximum Gasteiger partial charge on any atom is 0.319 e. The average molecular weight is 626 g/mol. The summed E-state index contributed by atoms with van der Waals surface area (Å²) in [6.07, 6.45) is 2.68. The third kappa shape index (κ3) is 4.27. The Balaban J connectivity index is 1.24. The molecule has 1 N–H and O–H groups in total. The van der Waals surface area contributed by atoms with Crippen LogP contribution in [0.15, 0.2) is 30.5 Å². The fraction of sp³-hybridized carbons (Fsp3) is 0.485. The molecule has 4 fully saturated rings. The van der Waals surface area contributed by atoms with Crippen LogP contribution in [-0.2, 0) is 6.42 Å². The minimum Gasteiger partial charge on any atom is -0.508 e. The average Bonchev–Trinajstić information content (AvgIpc) is 3.73. The molecular weight excluding hydrogens is 593 g/mol. The van der Waals surface area contributed by atoms with E-state index in [1.54, 1.807) is 18.9 Å². The van der Waals surface area contributed by atoms with Gasteiger partial charge in [0.05, 0.1) is 22.4 Å². The number of hydrogen-bond acceptors (Lipinski definition) is 7. The highest BCUT2D eigenvalue weighted by atomic mass is 19.3.